The largest absolute Gasteiger partial charge is 0.453 e. The van der Waals surface area contributed by atoms with Crippen molar-refractivity contribution in [3.05, 3.63) is 65.6 Å². The van der Waals surface area contributed by atoms with Crippen LogP contribution in [0.4, 0.5) is 5.69 Å². The van der Waals surface area contributed by atoms with Crippen LogP contribution in [0.1, 0.15) is 19.0 Å². The van der Waals surface area contributed by atoms with Crippen molar-refractivity contribution >= 4 is 40.1 Å². The number of nitrogens with one attached hydrogen (secondary N) is 1. The normalized spacial score (nSPS) is 11.8. The lowest BCUT2D eigenvalue weighted by Crippen LogP contribution is -2.30. The van der Waals surface area contributed by atoms with E-state index in [1.807, 2.05) is 36.4 Å². The molecule has 2 aromatic heterocycles. The Morgan fingerprint density at radius 2 is 1.96 bits per heavy atom. The van der Waals surface area contributed by atoms with Gasteiger partial charge < -0.3 is 10.1 Å². The fraction of sp³-hybridized carbons (Fsp3) is 0.200. The minimum absolute atomic E-state index is 0.136. The Bertz CT molecular complexity index is 977. The molecule has 1 aromatic carbocycles. The first-order chi connectivity index (χ1) is 13.0. The van der Waals surface area contributed by atoms with E-state index in [9.17, 15) is 9.59 Å². The highest BCUT2D eigenvalue weighted by Gasteiger charge is 2.19. The van der Waals surface area contributed by atoms with Crippen molar-refractivity contribution in [2.24, 2.45) is 0 Å². The summed E-state index contributed by atoms with van der Waals surface area (Å²) in [5.74, 6) is -0.938. The second-order valence-electron chi connectivity index (χ2n) is 5.96. The molecule has 3 aromatic rings. The highest BCUT2D eigenvalue weighted by molar-refractivity contribution is 6.32. The van der Waals surface area contributed by atoms with Crippen molar-refractivity contribution < 1.29 is 14.3 Å². The summed E-state index contributed by atoms with van der Waals surface area (Å²) in [5.41, 5.74) is 2.04. The van der Waals surface area contributed by atoms with Crippen LogP contribution in [0.25, 0.3) is 10.9 Å². The van der Waals surface area contributed by atoms with Gasteiger partial charge in [0.1, 0.15) is 0 Å². The van der Waals surface area contributed by atoms with Gasteiger partial charge in [-0.1, -0.05) is 35.9 Å². The molecule has 0 aliphatic carbocycles. The topological polar surface area (TPSA) is 81.2 Å². The zero-order chi connectivity index (χ0) is 19.2. The van der Waals surface area contributed by atoms with Gasteiger partial charge in [-0.2, -0.15) is 0 Å². The number of aryl methyl sites for hydroxylation is 1. The minimum Gasteiger partial charge on any atom is -0.453 e. The molecule has 0 bridgehead atoms. The molecule has 1 amide bonds. The minimum atomic E-state index is -0.946. The number of fused-ring (bicyclic) bond motifs is 1. The number of halogens is 1. The molecule has 0 fully saturated rings. The first-order valence-corrected chi connectivity index (χ1v) is 8.86. The molecule has 0 spiro atoms. The van der Waals surface area contributed by atoms with E-state index in [1.165, 1.54) is 13.1 Å². The molecule has 3 rings (SSSR count). The van der Waals surface area contributed by atoms with Crippen LogP contribution in [0, 0.1) is 0 Å². The molecule has 27 heavy (non-hydrogen) atoms. The van der Waals surface area contributed by atoms with E-state index < -0.39 is 18.0 Å². The zero-order valence-electron chi connectivity index (χ0n) is 14.7. The average Bonchev–Trinajstić information content (AvgIpc) is 2.68. The molecule has 7 heteroatoms. The van der Waals surface area contributed by atoms with Gasteiger partial charge in [-0.3, -0.25) is 14.6 Å². The number of pyridine rings is 2. The number of carbonyl (C=O) groups excluding carboxylic acids is 2. The smallest absolute Gasteiger partial charge is 0.306 e. The third-order valence-electron chi connectivity index (χ3n) is 3.94. The Balaban J connectivity index is 1.52. The molecule has 1 unspecified atom stereocenters. The number of esters is 1. The first-order valence-electron chi connectivity index (χ1n) is 8.48. The molecule has 1 N–H and O–H groups in total. The van der Waals surface area contributed by atoms with Gasteiger partial charge in [0.25, 0.3) is 5.91 Å². The van der Waals surface area contributed by atoms with Gasteiger partial charge in [-0.05, 0) is 31.2 Å². The Hall–Kier alpha value is -2.99. The lowest BCUT2D eigenvalue weighted by molar-refractivity contribution is -0.153. The first kappa shape index (κ1) is 18.8. The summed E-state index contributed by atoms with van der Waals surface area (Å²) in [6.45, 7) is 1.51. The van der Waals surface area contributed by atoms with Gasteiger partial charge in [0.2, 0.25) is 0 Å². The monoisotopic (exact) mass is 383 g/mol. The number of anilines is 1. The maximum Gasteiger partial charge on any atom is 0.306 e. The van der Waals surface area contributed by atoms with Gasteiger partial charge in [0.05, 0.1) is 17.6 Å². The second-order valence-corrected chi connectivity index (χ2v) is 6.32. The van der Waals surface area contributed by atoms with E-state index >= 15 is 0 Å². The highest BCUT2D eigenvalue weighted by Crippen LogP contribution is 2.18. The van der Waals surface area contributed by atoms with Crippen LogP contribution < -0.4 is 5.32 Å². The van der Waals surface area contributed by atoms with Crippen LogP contribution in [0.2, 0.25) is 5.15 Å². The fourth-order valence-electron chi connectivity index (χ4n) is 2.50. The molecular formula is C20H18ClN3O3. The summed E-state index contributed by atoms with van der Waals surface area (Å²) in [7, 11) is 0. The third-order valence-corrected chi connectivity index (χ3v) is 4.24. The fourth-order valence-corrected chi connectivity index (χ4v) is 2.67. The van der Waals surface area contributed by atoms with E-state index in [-0.39, 0.29) is 11.6 Å². The van der Waals surface area contributed by atoms with Crippen molar-refractivity contribution in [2.45, 2.75) is 25.9 Å². The predicted molar refractivity (Wildman–Crippen MR) is 103 cm³/mol. The van der Waals surface area contributed by atoms with E-state index in [2.05, 4.69) is 15.3 Å². The van der Waals surface area contributed by atoms with Crippen molar-refractivity contribution in [2.75, 3.05) is 5.32 Å². The van der Waals surface area contributed by atoms with Crippen LogP contribution in [0.3, 0.4) is 0 Å². The van der Waals surface area contributed by atoms with E-state index in [4.69, 9.17) is 16.3 Å². The van der Waals surface area contributed by atoms with Gasteiger partial charge in [-0.15, -0.1) is 0 Å². The van der Waals surface area contributed by atoms with Crippen LogP contribution >= 0.6 is 11.6 Å². The Kier molecular flexibility index (Phi) is 5.98. The maximum absolute atomic E-state index is 12.1. The standard InChI is InChI=1S/C20H18ClN3O3/c1-13(20(26)24-17-7-4-12-22-19(17)21)27-18(25)11-10-15-9-8-14-5-2-3-6-16(14)23-15/h2-9,12-13H,10-11H2,1H3,(H,24,26). The lowest BCUT2D eigenvalue weighted by Gasteiger charge is -2.14. The Labute approximate surface area is 161 Å². The predicted octanol–water partition coefficient (Wildman–Crippen LogP) is 3.79. The third kappa shape index (κ3) is 5.01. The number of nitrogens with zero attached hydrogens (tertiary/aromatic N) is 2. The SMILES string of the molecule is CC(OC(=O)CCc1ccc2ccccc2n1)C(=O)Nc1cccnc1Cl. The van der Waals surface area contributed by atoms with Crippen molar-refractivity contribution in [3.63, 3.8) is 0 Å². The van der Waals surface area contributed by atoms with Gasteiger partial charge >= 0.3 is 5.97 Å². The van der Waals surface area contributed by atoms with Crippen LogP contribution in [-0.4, -0.2) is 27.9 Å². The molecule has 2 heterocycles. The molecule has 0 saturated carbocycles. The molecular weight excluding hydrogens is 366 g/mol. The molecule has 6 nitrogen and oxygen atoms in total. The Morgan fingerprint density at radius 1 is 1.15 bits per heavy atom. The summed E-state index contributed by atoms with van der Waals surface area (Å²) in [6, 6.07) is 14.9. The summed E-state index contributed by atoms with van der Waals surface area (Å²) in [5, 5.41) is 3.80. The van der Waals surface area contributed by atoms with E-state index in [1.54, 1.807) is 12.1 Å². The van der Waals surface area contributed by atoms with Crippen LogP contribution in [-0.2, 0) is 20.7 Å². The number of para-hydroxylation sites is 1. The lowest BCUT2D eigenvalue weighted by atomic mass is 10.1. The molecule has 0 aliphatic heterocycles. The van der Waals surface area contributed by atoms with Crippen molar-refractivity contribution in [1.29, 1.82) is 0 Å². The Morgan fingerprint density at radius 3 is 2.78 bits per heavy atom. The number of carbonyl (C=O) groups is 2. The molecule has 0 saturated heterocycles. The number of rotatable bonds is 6. The number of ether oxygens (including phenoxy) is 1. The average molecular weight is 384 g/mol. The number of aromatic nitrogens is 2. The number of amides is 1. The summed E-state index contributed by atoms with van der Waals surface area (Å²) in [6.07, 6.45) is 1.14. The van der Waals surface area contributed by atoms with Crippen molar-refractivity contribution in [1.82, 2.24) is 9.97 Å². The van der Waals surface area contributed by atoms with E-state index in [0.717, 1.165) is 16.6 Å². The van der Waals surface area contributed by atoms with Gasteiger partial charge in [0.15, 0.2) is 11.3 Å². The molecule has 0 radical (unpaired) electrons. The second kappa shape index (κ2) is 8.60. The highest BCUT2D eigenvalue weighted by atomic mass is 35.5. The quantitative estimate of drug-likeness (QED) is 0.517. The summed E-state index contributed by atoms with van der Waals surface area (Å²) in [4.78, 5) is 32.6. The van der Waals surface area contributed by atoms with Crippen LogP contribution in [0.5, 0.6) is 0 Å². The number of benzene rings is 1. The number of hydrogen-bond donors (Lipinski definition) is 1. The maximum atomic E-state index is 12.1. The zero-order valence-corrected chi connectivity index (χ0v) is 15.4. The molecule has 138 valence electrons. The number of hydrogen-bond acceptors (Lipinski definition) is 5. The molecule has 1 atom stereocenters. The van der Waals surface area contributed by atoms with Crippen molar-refractivity contribution in [3.8, 4) is 0 Å². The van der Waals surface area contributed by atoms with E-state index in [0.29, 0.717) is 12.1 Å². The summed E-state index contributed by atoms with van der Waals surface area (Å²) >= 11 is 5.90. The van der Waals surface area contributed by atoms with Crippen LogP contribution in [0.15, 0.2) is 54.7 Å². The molecule has 0 aliphatic rings. The van der Waals surface area contributed by atoms with Gasteiger partial charge in [-0.25, -0.2) is 4.98 Å². The summed E-state index contributed by atoms with van der Waals surface area (Å²) < 4.78 is 5.19. The van der Waals surface area contributed by atoms with Gasteiger partial charge in [0, 0.05) is 23.7 Å².